The summed E-state index contributed by atoms with van der Waals surface area (Å²) >= 11 is 3.27. The second-order valence-corrected chi connectivity index (χ2v) is 5.00. The predicted molar refractivity (Wildman–Crippen MR) is 70.8 cm³/mol. The number of aliphatic carboxylic acids is 1. The van der Waals surface area contributed by atoms with E-state index >= 15 is 0 Å². The Morgan fingerprint density at radius 1 is 1.32 bits per heavy atom. The van der Waals surface area contributed by atoms with Crippen LogP contribution in [0.3, 0.4) is 0 Å². The van der Waals surface area contributed by atoms with Gasteiger partial charge in [0.1, 0.15) is 6.04 Å². The van der Waals surface area contributed by atoms with Gasteiger partial charge in [-0.1, -0.05) is 15.9 Å². The minimum absolute atomic E-state index is 0.0902. The van der Waals surface area contributed by atoms with Gasteiger partial charge in [-0.3, -0.25) is 9.59 Å². The largest absolute Gasteiger partial charge is 0.481 e. The predicted octanol–water partition coefficient (Wildman–Crippen LogP) is 1.74. The van der Waals surface area contributed by atoms with Crippen molar-refractivity contribution in [3.63, 3.8) is 0 Å². The number of rotatable bonds is 4. The Labute approximate surface area is 117 Å². The van der Waals surface area contributed by atoms with Crippen LogP contribution in [-0.2, 0) is 9.59 Å². The molecule has 1 aromatic carbocycles. The van der Waals surface area contributed by atoms with Crippen molar-refractivity contribution < 1.29 is 19.5 Å². The number of halogens is 1. The maximum atomic E-state index is 12.1. The first-order chi connectivity index (χ1) is 8.99. The van der Waals surface area contributed by atoms with Crippen molar-refractivity contribution in [2.75, 3.05) is 4.90 Å². The van der Waals surface area contributed by atoms with Crippen LogP contribution in [-0.4, -0.2) is 29.1 Å². The summed E-state index contributed by atoms with van der Waals surface area (Å²) in [5.74, 6) is -1.42. The van der Waals surface area contributed by atoms with Gasteiger partial charge >= 0.3 is 12.0 Å². The van der Waals surface area contributed by atoms with E-state index in [2.05, 4.69) is 21.2 Å². The quantitative estimate of drug-likeness (QED) is 0.825. The standard InChI is InChI=1S/C12H11BrN2O4/c13-7-1-3-8(4-2-7)15-11(18)9(14-12(15)19)5-6-10(16)17/h1-4,9H,5-6H2,(H,14,19)(H,16,17)/t9-/m0/s1. The van der Waals surface area contributed by atoms with Crippen molar-refractivity contribution in [2.45, 2.75) is 18.9 Å². The number of hydrogen-bond donors (Lipinski definition) is 2. The molecule has 0 aliphatic carbocycles. The van der Waals surface area contributed by atoms with E-state index < -0.39 is 23.9 Å². The minimum atomic E-state index is -0.996. The zero-order valence-electron chi connectivity index (χ0n) is 9.80. The van der Waals surface area contributed by atoms with Crippen molar-refractivity contribution in [1.82, 2.24) is 5.32 Å². The van der Waals surface area contributed by atoms with Gasteiger partial charge in [-0.15, -0.1) is 0 Å². The van der Waals surface area contributed by atoms with Gasteiger partial charge in [-0.25, -0.2) is 9.69 Å². The molecule has 0 unspecified atom stereocenters. The first-order valence-electron chi connectivity index (χ1n) is 5.61. The average molecular weight is 327 g/mol. The van der Waals surface area contributed by atoms with E-state index in [4.69, 9.17) is 5.11 Å². The van der Waals surface area contributed by atoms with E-state index in [0.717, 1.165) is 9.37 Å². The molecular weight excluding hydrogens is 316 g/mol. The second kappa shape index (κ2) is 5.40. The Morgan fingerprint density at radius 2 is 1.95 bits per heavy atom. The summed E-state index contributed by atoms with van der Waals surface area (Å²) in [6.07, 6.45) is -0.0716. The molecule has 1 aliphatic heterocycles. The van der Waals surface area contributed by atoms with E-state index in [0.29, 0.717) is 5.69 Å². The average Bonchev–Trinajstić information content (AvgIpc) is 2.63. The first kappa shape index (κ1) is 13.5. The topological polar surface area (TPSA) is 86.7 Å². The lowest BCUT2D eigenvalue weighted by molar-refractivity contribution is -0.137. The summed E-state index contributed by atoms with van der Waals surface area (Å²) in [4.78, 5) is 35.3. The number of benzene rings is 1. The molecule has 1 heterocycles. The molecule has 0 radical (unpaired) electrons. The Kier molecular flexibility index (Phi) is 3.84. The molecule has 6 nitrogen and oxygen atoms in total. The number of carbonyl (C=O) groups is 3. The third-order valence-corrected chi connectivity index (χ3v) is 3.28. The van der Waals surface area contributed by atoms with Crippen LogP contribution >= 0.6 is 15.9 Å². The fourth-order valence-electron chi connectivity index (χ4n) is 1.83. The third-order valence-electron chi connectivity index (χ3n) is 2.75. The summed E-state index contributed by atoms with van der Waals surface area (Å²) in [7, 11) is 0. The molecule has 2 rings (SSSR count). The van der Waals surface area contributed by atoms with Crippen molar-refractivity contribution in [3.05, 3.63) is 28.7 Å². The highest BCUT2D eigenvalue weighted by Gasteiger charge is 2.38. The van der Waals surface area contributed by atoms with E-state index in [1.165, 1.54) is 0 Å². The van der Waals surface area contributed by atoms with Crippen molar-refractivity contribution in [2.24, 2.45) is 0 Å². The normalized spacial score (nSPS) is 18.6. The van der Waals surface area contributed by atoms with Gasteiger partial charge in [-0.05, 0) is 30.7 Å². The molecular formula is C12H11BrN2O4. The highest BCUT2D eigenvalue weighted by atomic mass is 79.9. The monoisotopic (exact) mass is 326 g/mol. The Bertz CT molecular complexity index is 529. The van der Waals surface area contributed by atoms with Gasteiger partial charge in [0, 0.05) is 10.9 Å². The number of carbonyl (C=O) groups excluding carboxylic acids is 2. The van der Waals surface area contributed by atoms with Crippen molar-refractivity contribution in [1.29, 1.82) is 0 Å². The maximum Gasteiger partial charge on any atom is 0.329 e. The number of nitrogens with one attached hydrogen (secondary N) is 1. The van der Waals surface area contributed by atoms with Crippen LogP contribution in [0, 0.1) is 0 Å². The molecule has 1 aliphatic rings. The zero-order valence-corrected chi connectivity index (χ0v) is 11.4. The maximum absolute atomic E-state index is 12.1. The molecule has 7 heteroatoms. The molecule has 1 fully saturated rings. The SMILES string of the molecule is O=C(O)CC[C@@H]1NC(=O)N(c2ccc(Br)cc2)C1=O. The van der Waals surface area contributed by atoms with Gasteiger partial charge in [0.2, 0.25) is 0 Å². The second-order valence-electron chi connectivity index (χ2n) is 4.08. The third kappa shape index (κ3) is 2.93. The van der Waals surface area contributed by atoms with Gasteiger partial charge in [0.15, 0.2) is 0 Å². The van der Waals surface area contributed by atoms with Crippen molar-refractivity contribution >= 4 is 39.5 Å². The zero-order chi connectivity index (χ0) is 14.0. The Balaban J connectivity index is 2.14. The van der Waals surface area contributed by atoms with E-state index in [1.807, 2.05) is 0 Å². The Hall–Kier alpha value is -1.89. The van der Waals surface area contributed by atoms with Gasteiger partial charge in [0.25, 0.3) is 5.91 Å². The van der Waals surface area contributed by atoms with Crippen LogP contribution < -0.4 is 10.2 Å². The van der Waals surface area contributed by atoms with Gasteiger partial charge in [-0.2, -0.15) is 0 Å². The van der Waals surface area contributed by atoms with Crippen LogP contribution in [0.5, 0.6) is 0 Å². The van der Waals surface area contributed by atoms with Crippen LogP contribution in [0.4, 0.5) is 10.5 Å². The molecule has 1 aromatic rings. The summed E-state index contributed by atoms with van der Waals surface area (Å²) in [5, 5.41) is 11.1. The molecule has 0 aromatic heterocycles. The molecule has 1 atom stereocenters. The minimum Gasteiger partial charge on any atom is -0.481 e. The molecule has 2 N–H and O–H groups in total. The molecule has 100 valence electrons. The number of imide groups is 1. The van der Waals surface area contributed by atoms with Crippen molar-refractivity contribution in [3.8, 4) is 0 Å². The lowest BCUT2D eigenvalue weighted by Crippen LogP contribution is -2.31. The lowest BCUT2D eigenvalue weighted by atomic mass is 10.1. The number of nitrogens with zero attached hydrogens (tertiary/aromatic N) is 1. The molecule has 19 heavy (non-hydrogen) atoms. The molecule has 0 spiro atoms. The molecule has 0 bridgehead atoms. The van der Waals surface area contributed by atoms with E-state index in [9.17, 15) is 14.4 Å². The smallest absolute Gasteiger partial charge is 0.329 e. The first-order valence-corrected chi connectivity index (χ1v) is 6.40. The van der Waals surface area contributed by atoms with Crippen LogP contribution in [0.1, 0.15) is 12.8 Å². The van der Waals surface area contributed by atoms with E-state index in [1.54, 1.807) is 24.3 Å². The van der Waals surface area contributed by atoms with Crippen LogP contribution in [0.15, 0.2) is 28.7 Å². The van der Waals surface area contributed by atoms with Crippen LogP contribution in [0.2, 0.25) is 0 Å². The molecule has 0 saturated carbocycles. The molecule has 1 saturated heterocycles. The summed E-state index contributed by atoms with van der Waals surface area (Å²) in [5.41, 5.74) is 0.462. The number of anilines is 1. The van der Waals surface area contributed by atoms with E-state index in [-0.39, 0.29) is 12.8 Å². The fourth-order valence-corrected chi connectivity index (χ4v) is 2.09. The lowest BCUT2D eigenvalue weighted by Gasteiger charge is -2.12. The highest BCUT2D eigenvalue weighted by molar-refractivity contribution is 9.10. The number of hydrogen-bond acceptors (Lipinski definition) is 3. The summed E-state index contributed by atoms with van der Waals surface area (Å²) < 4.78 is 0.839. The van der Waals surface area contributed by atoms with Crippen LogP contribution in [0.25, 0.3) is 0 Å². The fraction of sp³-hybridized carbons (Fsp3) is 0.250. The number of amides is 3. The Morgan fingerprint density at radius 3 is 2.53 bits per heavy atom. The van der Waals surface area contributed by atoms with Gasteiger partial charge in [0.05, 0.1) is 5.69 Å². The number of carboxylic acids is 1. The highest BCUT2D eigenvalue weighted by Crippen LogP contribution is 2.23. The number of carboxylic acid groups (broad SMARTS) is 1. The number of urea groups is 1. The summed E-state index contributed by atoms with van der Waals surface area (Å²) in [6, 6.07) is 5.43. The summed E-state index contributed by atoms with van der Waals surface area (Å²) in [6.45, 7) is 0. The molecule has 3 amide bonds. The van der Waals surface area contributed by atoms with Gasteiger partial charge < -0.3 is 10.4 Å².